The third-order valence-corrected chi connectivity index (χ3v) is 3.19. The Morgan fingerprint density at radius 3 is 2.45 bits per heavy atom. The van der Waals surface area contributed by atoms with E-state index in [9.17, 15) is 4.79 Å². The molecule has 0 saturated heterocycles. The highest BCUT2D eigenvalue weighted by atomic mass is 16.2. The predicted octanol–water partition coefficient (Wildman–Crippen LogP) is 2.70. The van der Waals surface area contributed by atoms with Crippen molar-refractivity contribution in [3.8, 4) is 11.3 Å². The number of amides is 1. The first-order valence-corrected chi connectivity index (χ1v) is 6.42. The molecule has 2 aromatic heterocycles. The van der Waals surface area contributed by atoms with Crippen LogP contribution in [0.5, 0.6) is 0 Å². The van der Waals surface area contributed by atoms with Gasteiger partial charge in [0.1, 0.15) is 0 Å². The van der Waals surface area contributed by atoms with E-state index in [1.54, 1.807) is 14.1 Å². The monoisotopic (exact) mass is 265 g/mol. The fourth-order valence-electron chi connectivity index (χ4n) is 2.20. The molecular formula is C16H15N3O. The van der Waals surface area contributed by atoms with Crippen molar-refractivity contribution < 1.29 is 4.79 Å². The van der Waals surface area contributed by atoms with Gasteiger partial charge in [0.05, 0.1) is 11.2 Å². The SMILES string of the molecule is CN(C)C(=O)c1nc(-c2ccccc2)c2ccccn12. The average molecular weight is 265 g/mol. The van der Waals surface area contributed by atoms with E-state index >= 15 is 0 Å². The van der Waals surface area contributed by atoms with E-state index in [0.717, 1.165) is 16.8 Å². The molecule has 2 heterocycles. The molecule has 0 atom stereocenters. The van der Waals surface area contributed by atoms with E-state index in [-0.39, 0.29) is 5.91 Å². The maximum Gasteiger partial charge on any atom is 0.289 e. The van der Waals surface area contributed by atoms with Crippen LogP contribution >= 0.6 is 0 Å². The zero-order chi connectivity index (χ0) is 14.1. The van der Waals surface area contributed by atoms with Crippen LogP contribution in [-0.2, 0) is 0 Å². The summed E-state index contributed by atoms with van der Waals surface area (Å²) in [5.74, 6) is 0.331. The first-order valence-electron chi connectivity index (χ1n) is 6.42. The molecular weight excluding hydrogens is 250 g/mol. The minimum Gasteiger partial charge on any atom is -0.342 e. The number of carbonyl (C=O) groups is 1. The number of pyridine rings is 1. The fourth-order valence-corrected chi connectivity index (χ4v) is 2.20. The number of fused-ring (bicyclic) bond motifs is 1. The van der Waals surface area contributed by atoms with E-state index < -0.39 is 0 Å². The van der Waals surface area contributed by atoms with E-state index in [1.165, 1.54) is 4.90 Å². The Morgan fingerprint density at radius 1 is 1.05 bits per heavy atom. The topological polar surface area (TPSA) is 37.6 Å². The lowest BCUT2D eigenvalue weighted by Gasteiger charge is -2.08. The van der Waals surface area contributed by atoms with Gasteiger partial charge in [0, 0.05) is 25.9 Å². The zero-order valence-corrected chi connectivity index (χ0v) is 11.4. The highest BCUT2D eigenvalue weighted by Crippen LogP contribution is 2.24. The number of carbonyl (C=O) groups excluding carboxylic acids is 1. The van der Waals surface area contributed by atoms with Gasteiger partial charge in [0.15, 0.2) is 0 Å². The summed E-state index contributed by atoms with van der Waals surface area (Å²) in [5, 5.41) is 0. The molecule has 3 rings (SSSR count). The van der Waals surface area contributed by atoms with Crippen molar-refractivity contribution in [2.24, 2.45) is 0 Å². The molecule has 0 spiro atoms. The number of benzene rings is 1. The number of rotatable bonds is 2. The van der Waals surface area contributed by atoms with Crippen LogP contribution in [0.15, 0.2) is 54.7 Å². The molecule has 4 heteroatoms. The molecule has 0 bridgehead atoms. The average Bonchev–Trinajstić information content (AvgIpc) is 2.87. The van der Waals surface area contributed by atoms with Gasteiger partial charge in [-0.25, -0.2) is 4.98 Å². The van der Waals surface area contributed by atoms with Crippen molar-refractivity contribution in [2.75, 3.05) is 14.1 Å². The Balaban J connectivity index is 2.27. The molecule has 0 saturated carbocycles. The normalized spacial score (nSPS) is 10.7. The summed E-state index contributed by atoms with van der Waals surface area (Å²) in [6, 6.07) is 15.7. The molecule has 0 aliphatic heterocycles. The van der Waals surface area contributed by atoms with Crippen LogP contribution in [0.4, 0.5) is 0 Å². The van der Waals surface area contributed by atoms with E-state index in [2.05, 4.69) is 4.98 Å². The molecule has 0 N–H and O–H groups in total. The quantitative estimate of drug-likeness (QED) is 0.714. The summed E-state index contributed by atoms with van der Waals surface area (Å²) in [5.41, 5.74) is 2.77. The van der Waals surface area contributed by atoms with Crippen molar-refractivity contribution in [1.29, 1.82) is 0 Å². The summed E-state index contributed by atoms with van der Waals surface area (Å²) in [6.45, 7) is 0. The molecule has 0 aliphatic carbocycles. The predicted molar refractivity (Wildman–Crippen MR) is 78.6 cm³/mol. The van der Waals surface area contributed by atoms with Gasteiger partial charge in [-0.1, -0.05) is 36.4 Å². The smallest absolute Gasteiger partial charge is 0.289 e. The van der Waals surface area contributed by atoms with Crippen molar-refractivity contribution in [3.05, 3.63) is 60.6 Å². The Kier molecular flexibility index (Phi) is 2.99. The molecule has 20 heavy (non-hydrogen) atoms. The molecule has 0 fully saturated rings. The second kappa shape index (κ2) is 4.81. The highest BCUT2D eigenvalue weighted by molar-refractivity contribution is 5.94. The second-order valence-electron chi connectivity index (χ2n) is 4.81. The molecule has 3 aromatic rings. The first-order chi connectivity index (χ1) is 9.68. The van der Waals surface area contributed by atoms with Gasteiger partial charge in [-0.05, 0) is 12.1 Å². The standard InChI is InChI=1S/C16H15N3O/c1-18(2)16(20)15-17-14(12-8-4-3-5-9-12)13-10-6-7-11-19(13)15/h3-11H,1-2H3. The van der Waals surface area contributed by atoms with Gasteiger partial charge in [-0.3, -0.25) is 9.20 Å². The zero-order valence-electron chi connectivity index (χ0n) is 11.4. The third kappa shape index (κ3) is 1.95. The molecule has 100 valence electrons. The number of nitrogens with zero attached hydrogens (tertiary/aromatic N) is 3. The Labute approximate surface area is 117 Å². The lowest BCUT2D eigenvalue weighted by molar-refractivity contribution is 0.0815. The van der Waals surface area contributed by atoms with E-state index in [1.807, 2.05) is 59.1 Å². The summed E-state index contributed by atoms with van der Waals surface area (Å²) in [4.78, 5) is 18.3. The molecule has 0 aliphatic rings. The van der Waals surface area contributed by atoms with Crippen LogP contribution in [0.3, 0.4) is 0 Å². The number of hydrogen-bond donors (Lipinski definition) is 0. The van der Waals surface area contributed by atoms with Crippen molar-refractivity contribution in [2.45, 2.75) is 0 Å². The van der Waals surface area contributed by atoms with E-state index in [0.29, 0.717) is 5.82 Å². The van der Waals surface area contributed by atoms with Gasteiger partial charge in [-0.15, -0.1) is 0 Å². The summed E-state index contributed by atoms with van der Waals surface area (Å²) < 4.78 is 1.84. The molecule has 1 amide bonds. The lowest BCUT2D eigenvalue weighted by atomic mass is 10.1. The minimum atomic E-state index is -0.103. The van der Waals surface area contributed by atoms with Crippen LogP contribution in [0.1, 0.15) is 10.6 Å². The maximum atomic E-state index is 12.2. The van der Waals surface area contributed by atoms with Crippen LogP contribution in [0.25, 0.3) is 16.8 Å². The lowest BCUT2D eigenvalue weighted by Crippen LogP contribution is -2.24. The number of imidazole rings is 1. The van der Waals surface area contributed by atoms with Gasteiger partial charge >= 0.3 is 0 Å². The Bertz CT molecular complexity index is 760. The minimum absolute atomic E-state index is 0.103. The van der Waals surface area contributed by atoms with Crippen LogP contribution in [0.2, 0.25) is 0 Å². The first kappa shape index (κ1) is 12.4. The molecule has 4 nitrogen and oxygen atoms in total. The van der Waals surface area contributed by atoms with Crippen molar-refractivity contribution in [3.63, 3.8) is 0 Å². The van der Waals surface area contributed by atoms with Crippen molar-refractivity contribution >= 4 is 11.4 Å². The van der Waals surface area contributed by atoms with E-state index in [4.69, 9.17) is 0 Å². The van der Waals surface area contributed by atoms with Gasteiger partial charge in [0.25, 0.3) is 5.91 Å². The Morgan fingerprint density at radius 2 is 1.75 bits per heavy atom. The van der Waals surface area contributed by atoms with Gasteiger partial charge < -0.3 is 4.90 Å². The summed E-state index contributed by atoms with van der Waals surface area (Å²) in [6.07, 6.45) is 1.87. The molecule has 1 aromatic carbocycles. The largest absolute Gasteiger partial charge is 0.342 e. The van der Waals surface area contributed by atoms with Crippen molar-refractivity contribution in [1.82, 2.24) is 14.3 Å². The van der Waals surface area contributed by atoms with Crippen LogP contribution < -0.4 is 0 Å². The van der Waals surface area contributed by atoms with Gasteiger partial charge in [-0.2, -0.15) is 0 Å². The number of hydrogen-bond acceptors (Lipinski definition) is 2. The van der Waals surface area contributed by atoms with Gasteiger partial charge in [0.2, 0.25) is 5.82 Å². The summed E-state index contributed by atoms with van der Waals surface area (Å²) >= 11 is 0. The van der Waals surface area contributed by atoms with Crippen LogP contribution in [-0.4, -0.2) is 34.3 Å². The molecule has 0 radical (unpaired) electrons. The van der Waals surface area contributed by atoms with Crippen LogP contribution in [0, 0.1) is 0 Å². The third-order valence-electron chi connectivity index (χ3n) is 3.19. The number of aromatic nitrogens is 2. The fraction of sp³-hybridized carbons (Fsp3) is 0.125. The highest BCUT2D eigenvalue weighted by Gasteiger charge is 2.18. The molecule has 0 unspecified atom stereocenters. The second-order valence-corrected chi connectivity index (χ2v) is 4.81. The maximum absolute atomic E-state index is 12.2. The summed E-state index contributed by atoms with van der Waals surface area (Å²) in [7, 11) is 3.46. The Hall–Kier alpha value is -2.62.